The minimum atomic E-state index is -0.284. The highest BCUT2D eigenvalue weighted by Crippen LogP contribution is 2.31. The average molecular weight is 510 g/mol. The minimum absolute atomic E-state index is 0.164. The van der Waals surface area contributed by atoms with Crippen LogP contribution in [0.2, 0.25) is 0 Å². The van der Waals surface area contributed by atoms with Crippen LogP contribution in [-0.4, -0.2) is 40.4 Å². The van der Waals surface area contributed by atoms with Crippen LogP contribution in [0.4, 0.5) is 17.3 Å². The zero-order valence-electron chi connectivity index (χ0n) is 20.4. The lowest BCUT2D eigenvalue weighted by Crippen LogP contribution is -2.50. The first kappa shape index (κ1) is 24.6. The number of anilines is 2. The zero-order chi connectivity index (χ0) is 26.4. The van der Waals surface area contributed by atoms with Crippen LogP contribution in [0.25, 0.3) is 11.0 Å². The van der Waals surface area contributed by atoms with Crippen molar-refractivity contribution in [3.8, 4) is 5.75 Å². The average Bonchev–Trinajstić information content (AvgIpc) is 3.40. The zero-order valence-corrected chi connectivity index (χ0v) is 20.4. The van der Waals surface area contributed by atoms with E-state index in [2.05, 4.69) is 20.3 Å². The number of hydrogen-bond donors (Lipinski definition) is 2. The van der Waals surface area contributed by atoms with E-state index in [-0.39, 0.29) is 30.1 Å². The smallest absolute Gasteiger partial charge is 0.309 e. The van der Waals surface area contributed by atoms with E-state index in [1.54, 1.807) is 48.5 Å². The number of nitrogens with one attached hydrogen (secondary N) is 1. The summed E-state index contributed by atoms with van der Waals surface area (Å²) in [4.78, 5) is 37.4. The second kappa shape index (κ2) is 10.9. The fourth-order valence-electron chi connectivity index (χ4n) is 4.03. The number of carbonyl (C=O) groups excluding carboxylic acids is 2. The largest absolute Gasteiger partial charge is 0.488 e. The van der Waals surface area contributed by atoms with Crippen molar-refractivity contribution in [2.45, 2.75) is 6.54 Å². The van der Waals surface area contributed by atoms with Gasteiger partial charge in [-0.05, 0) is 42.5 Å². The van der Waals surface area contributed by atoms with Gasteiger partial charge in [-0.15, -0.1) is 0 Å². The summed E-state index contributed by atoms with van der Waals surface area (Å²) in [5.41, 5.74) is 8.07. The van der Waals surface area contributed by atoms with E-state index < -0.39 is 0 Å². The molecular formula is C28H25N6O4+. The van der Waals surface area contributed by atoms with Crippen molar-refractivity contribution >= 4 is 40.5 Å². The molecule has 0 saturated carbocycles. The van der Waals surface area contributed by atoms with Gasteiger partial charge in [0.2, 0.25) is 0 Å². The summed E-state index contributed by atoms with van der Waals surface area (Å²) < 4.78 is 11.8. The molecule has 38 heavy (non-hydrogen) atoms. The molecular weight excluding hydrogens is 484 g/mol. The van der Waals surface area contributed by atoms with Gasteiger partial charge in [-0.3, -0.25) is 4.79 Å². The Kier molecular flexibility index (Phi) is 7.05. The molecule has 1 unspecified atom stereocenters. The molecule has 0 aliphatic carbocycles. The lowest BCUT2D eigenvalue weighted by molar-refractivity contribution is -0.119. The summed E-state index contributed by atoms with van der Waals surface area (Å²) in [5, 5.41) is 3.68. The summed E-state index contributed by atoms with van der Waals surface area (Å²) in [6.45, 7) is 0.606. The Labute approximate surface area is 218 Å². The van der Waals surface area contributed by atoms with E-state index in [9.17, 15) is 9.59 Å². The van der Waals surface area contributed by atoms with Crippen LogP contribution in [-0.2, 0) is 11.3 Å². The lowest BCUT2D eigenvalue weighted by atomic mass is 10.2. The second-order valence-corrected chi connectivity index (χ2v) is 8.61. The molecule has 0 bridgehead atoms. The fourth-order valence-corrected chi connectivity index (χ4v) is 4.03. The number of quaternary nitrogens is 1. The maximum Gasteiger partial charge on any atom is 0.309 e. The van der Waals surface area contributed by atoms with E-state index in [1.807, 2.05) is 30.3 Å². The predicted molar refractivity (Wildman–Crippen MR) is 143 cm³/mol. The fraction of sp³-hybridized carbons (Fsp3) is 0.107. The molecule has 3 N–H and O–H groups in total. The second-order valence-electron chi connectivity index (χ2n) is 8.61. The number of para-hydroxylation sites is 3. The molecule has 2 amide bonds. The van der Waals surface area contributed by atoms with Crippen LogP contribution in [0.1, 0.15) is 16.2 Å². The van der Waals surface area contributed by atoms with Gasteiger partial charge in [-0.25, -0.2) is 19.7 Å². The molecule has 2 aromatic heterocycles. The summed E-state index contributed by atoms with van der Waals surface area (Å²) in [6, 6.07) is 23.2. The first-order chi connectivity index (χ1) is 18.6. The van der Waals surface area contributed by atoms with Gasteiger partial charge in [0.05, 0.1) is 17.4 Å². The van der Waals surface area contributed by atoms with Crippen molar-refractivity contribution in [3.63, 3.8) is 0 Å². The number of nitrogen functional groups attached to an aromatic ring is 1. The number of rotatable bonds is 10. The van der Waals surface area contributed by atoms with E-state index >= 15 is 0 Å². The SMILES string of the molecule is Nc1ccccc1NC(=O)c1ccc(OCC[N+](C=O)(Cc2ncncn2)c2cc3ccccc3o2)cc1. The Balaban J connectivity index is 1.30. The molecule has 190 valence electrons. The quantitative estimate of drug-likeness (QED) is 0.163. The van der Waals surface area contributed by atoms with Crippen molar-refractivity contribution in [1.29, 1.82) is 0 Å². The Morgan fingerprint density at radius 1 is 1.00 bits per heavy atom. The third-order valence-electron chi connectivity index (χ3n) is 6.11. The Hall–Kier alpha value is -5.09. The third-order valence-corrected chi connectivity index (χ3v) is 6.11. The molecule has 2 heterocycles. The van der Waals surface area contributed by atoms with Crippen LogP contribution < -0.4 is 20.3 Å². The molecule has 10 heteroatoms. The first-order valence-corrected chi connectivity index (χ1v) is 11.9. The Morgan fingerprint density at radius 3 is 2.47 bits per heavy atom. The molecule has 1 atom stereocenters. The van der Waals surface area contributed by atoms with Crippen LogP contribution in [0.5, 0.6) is 5.75 Å². The van der Waals surface area contributed by atoms with E-state index in [0.29, 0.717) is 40.0 Å². The molecule has 0 radical (unpaired) electrons. The summed E-state index contributed by atoms with van der Waals surface area (Å²) >= 11 is 0. The number of nitrogens with two attached hydrogens (primary N) is 1. The summed E-state index contributed by atoms with van der Waals surface area (Å²) in [7, 11) is 0. The standard InChI is InChI=1S/C28H24N6O4/c29-23-6-2-3-7-24(23)33-28(36)20-9-11-22(12-10-20)37-14-13-34(19-35,16-26-31-17-30-18-32-26)27-15-21-5-1-4-8-25(21)38-27/h1-12,15,17-19H,13-14,16,29H2/p+1. The number of carbonyl (C=O) groups is 2. The molecule has 0 fully saturated rings. The maximum absolute atomic E-state index is 12.6. The number of aromatic nitrogens is 3. The highest BCUT2D eigenvalue weighted by molar-refractivity contribution is 6.05. The maximum atomic E-state index is 12.6. The number of hydrogen-bond acceptors (Lipinski definition) is 8. The summed E-state index contributed by atoms with van der Waals surface area (Å²) in [6.07, 6.45) is 3.59. The van der Waals surface area contributed by atoms with E-state index in [4.69, 9.17) is 14.9 Å². The number of amides is 2. The summed E-state index contributed by atoms with van der Waals surface area (Å²) in [5.74, 6) is 1.17. The number of fused-ring (bicyclic) bond motifs is 1. The van der Waals surface area contributed by atoms with Crippen molar-refractivity contribution in [2.75, 3.05) is 24.2 Å². The predicted octanol–water partition coefficient (Wildman–Crippen LogP) is 4.20. The van der Waals surface area contributed by atoms with Gasteiger partial charge in [0.1, 0.15) is 37.1 Å². The monoisotopic (exact) mass is 509 g/mol. The van der Waals surface area contributed by atoms with Crippen LogP contribution in [0.15, 0.2) is 95.9 Å². The van der Waals surface area contributed by atoms with Crippen molar-refractivity contribution in [3.05, 3.63) is 103 Å². The molecule has 0 aliphatic rings. The van der Waals surface area contributed by atoms with Gasteiger partial charge in [0.15, 0.2) is 12.4 Å². The molecule has 0 spiro atoms. The highest BCUT2D eigenvalue weighted by atomic mass is 16.5. The minimum Gasteiger partial charge on any atom is -0.488 e. The molecule has 0 aliphatic heterocycles. The van der Waals surface area contributed by atoms with E-state index in [1.165, 1.54) is 12.7 Å². The Bertz CT molecular complexity index is 1520. The molecule has 3 aromatic carbocycles. The van der Waals surface area contributed by atoms with Gasteiger partial charge in [0, 0.05) is 10.9 Å². The molecule has 5 aromatic rings. The number of ether oxygens (including phenoxy) is 1. The van der Waals surface area contributed by atoms with Gasteiger partial charge >= 0.3 is 12.3 Å². The number of nitrogens with zero attached hydrogens (tertiary/aromatic N) is 4. The van der Waals surface area contributed by atoms with Crippen molar-refractivity contribution in [1.82, 2.24) is 19.4 Å². The number of benzene rings is 3. The molecule has 0 saturated heterocycles. The van der Waals surface area contributed by atoms with Gasteiger partial charge < -0.3 is 20.2 Å². The van der Waals surface area contributed by atoms with Gasteiger partial charge in [-0.2, -0.15) is 4.48 Å². The molecule has 10 nitrogen and oxygen atoms in total. The van der Waals surface area contributed by atoms with Gasteiger partial charge in [0.25, 0.3) is 5.91 Å². The number of furan rings is 1. The topological polar surface area (TPSA) is 133 Å². The van der Waals surface area contributed by atoms with Crippen molar-refractivity contribution < 1.29 is 18.7 Å². The molecule has 5 rings (SSSR count). The van der Waals surface area contributed by atoms with Crippen molar-refractivity contribution in [2.24, 2.45) is 0 Å². The Morgan fingerprint density at radius 2 is 1.74 bits per heavy atom. The van der Waals surface area contributed by atoms with Crippen LogP contribution in [0.3, 0.4) is 0 Å². The first-order valence-electron chi connectivity index (χ1n) is 11.9. The van der Waals surface area contributed by atoms with Gasteiger partial charge in [-0.1, -0.05) is 30.3 Å². The van der Waals surface area contributed by atoms with Crippen LogP contribution in [0, 0.1) is 0 Å². The lowest BCUT2D eigenvalue weighted by Gasteiger charge is -2.27. The van der Waals surface area contributed by atoms with E-state index in [0.717, 1.165) is 11.8 Å². The normalized spacial score (nSPS) is 12.5. The third kappa shape index (κ3) is 5.35. The highest BCUT2D eigenvalue weighted by Gasteiger charge is 2.36. The van der Waals surface area contributed by atoms with Crippen LogP contribution >= 0.6 is 0 Å².